The van der Waals surface area contributed by atoms with E-state index in [-0.39, 0.29) is 52.2 Å². The van der Waals surface area contributed by atoms with Crippen molar-refractivity contribution in [2.45, 2.75) is 103 Å². The Morgan fingerprint density at radius 1 is 0.730 bits per heavy atom. The van der Waals surface area contributed by atoms with E-state index in [4.69, 9.17) is 30.2 Å². The molecule has 2 saturated heterocycles. The first-order valence-corrected chi connectivity index (χ1v) is 33.7. The van der Waals surface area contributed by atoms with Crippen molar-refractivity contribution in [3.05, 3.63) is 231 Å². The Morgan fingerprint density at radius 3 is 2.13 bits per heavy atom. The summed E-state index contributed by atoms with van der Waals surface area (Å²) in [6.07, 6.45) is 9.34. The zero-order chi connectivity index (χ0) is 69.7. The molecule has 0 saturated carbocycles. The van der Waals surface area contributed by atoms with Crippen molar-refractivity contribution >= 4 is 40.5 Å². The molecule has 0 spiro atoms. The molecule has 1 unspecified atom stereocenters. The first-order chi connectivity index (χ1) is 48.0. The number of hydrogen-bond acceptors (Lipinski definition) is 16. The molecule has 0 radical (unpaired) electrons. The van der Waals surface area contributed by atoms with Gasteiger partial charge in [0, 0.05) is 91.4 Å². The summed E-state index contributed by atoms with van der Waals surface area (Å²) in [5.41, 5.74) is 10.4. The van der Waals surface area contributed by atoms with Crippen molar-refractivity contribution in [3.8, 4) is 34.5 Å². The fourth-order valence-corrected chi connectivity index (χ4v) is 13.3. The minimum Gasteiger partial charge on any atom is -0.493 e. The van der Waals surface area contributed by atoms with Gasteiger partial charge in [0.2, 0.25) is 5.88 Å². The smallest absolute Gasteiger partial charge is 0.298 e. The molecule has 0 aliphatic carbocycles. The molecular formula is C76H83ClF4N12O7. The van der Waals surface area contributed by atoms with Gasteiger partial charge in [-0.2, -0.15) is 20.0 Å². The highest BCUT2D eigenvalue weighted by molar-refractivity contribution is 6.31. The molecule has 3 aliphatic rings. The van der Waals surface area contributed by atoms with Gasteiger partial charge < -0.3 is 38.4 Å². The summed E-state index contributed by atoms with van der Waals surface area (Å²) >= 11 is 6.08. The number of halogens is 5. The number of likely N-dealkylation sites (N-methyl/N-ethyl adjacent to an activating group) is 1. The van der Waals surface area contributed by atoms with Gasteiger partial charge in [-0.3, -0.25) is 24.5 Å². The van der Waals surface area contributed by atoms with Gasteiger partial charge in [0.1, 0.15) is 17.6 Å². The average Bonchev–Trinajstić information content (AvgIpc) is 1.05. The number of amides is 2. The second kappa shape index (κ2) is 33.8. The van der Waals surface area contributed by atoms with E-state index in [2.05, 4.69) is 59.1 Å². The number of nitrogens with zero attached hydrogens (tertiary/aromatic N) is 11. The molecular weight excluding hydrogens is 1300 g/mol. The van der Waals surface area contributed by atoms with E-state index in [0.717, 1.165) is 90.3 Å². The number of likely N-dealkylation sites (tertiary alicyclic amines) is 1. The first-order valence-electron chi connectivity index (χ1n) is 33.3. The van der Waals surface area contributed by atoms with Crippen molar-refractivity contribution in [2.75, 3.05) is 65.5 Å². The van der Waals surface area contributed by atoms with Gasteiger partial charge in [0.15, 0.2) is 22.9 Å². The number of aromatic nitrogens is 7. The maximum atomic E-state index is 13.6. The lowest BCUT2D eigenvalue weighted by molar-refractivity contribution is 0.000688. The number of aliphatic hydroxyl groups excluding tert-OH is 1. The predicted octanol–water partition coefficient (Wildman–Crippen LogP) is 14.0. The number of carbonyl (C=O) groups excluding carboxylic acids is 2. The standard InChI is InChI=1S/C29H34F2N2O3.C24H25FN4O2.C23H23ClN6O2.FH/c1-32-29(34)27(20-7-5-4-6-8-20)33-16-15-22-17-25(35-2)26(36-3)18-23(22)24(33)14-11-19-9-12-21(13-10-19)28(30)31;1-16-4-8-20(23-26-10-3-11-27-23)21(12-16)24(30)29-14-18(6-5-17(29)2)15-31-22-9-7-19(25)13-28-22;1-15-3-5-20(30-25-8-9-26-30)18(13-15)22(31)29-12-11-28(10-7-16(29)2)23-27-19-14-17(24)4-6-21(19)32-23;/h4-10,12-13,17-18,24,27-29,32,34H,11,14-16H2,1-3H3;3-4,7-13,17-18H,5-6,14-15H2,1-2H3;3-6,8-9,13-14,16H,7,10-12H2,1-2H3;1H/t24-,27+,29?;17-,18-;16-;/m011./s1. The fraction of sp³-hybridized carbons (Fsp3) is 0.342. The van der Waals surface area contributed by atoms with Crippen LogP contribution in [0.3, 0.4) is 0 Å². The van der Waals surface area contributed by atoms with Crippen LogP contribution in [0, 0.1) is 25.6 Å². The number of aryl methyl sites for hydroxylation is 3. The molecule has 524 valence electrons. The maximum Gasteiger partial charge on any atom is 0.298 e. The van der Waals surface area contributed by atoms with Crippen LogP contribution in [0.25, 0.3) is 28.2 Å². The van der Waals surface area contributed by atoms with Crippen LogP contribution in [0.2, 0.25) is 5.02 Å². The number of rotatable bonds is 18. The van der Waals surface area contributed by atoms with E-state index >= 15 is 0 Å². The first kappa shape index (κ1) is 72.9. The highest BCUT2D eigenvalue weighted by Gasteiger charge is 2.38. The Kier molecular flexibility index (Phi) is 24.7. The summed E-state index contributed by atoms with van der Waals surface area (Å²) in [4.78, 5) is 54.2. The summed E-state index contributed by atoms with van der Waals surface area (Å²) in [7, 11) is 5.02. The van der Waals surface area contributed by atoms with Crippen LogP contribution in [-0.2, 0) is 12.8 Å². The monoisotopic (exact) mass is 1390 g/mol. The van der Waals surface area contributed by atoms with E-state index < -0.39 is 18.5 Å². The molecule has 19 nitrogen and oxygen atoms in total. The second-order valence-electron chi connectivity index (χ2n) is 25.1. The number of ether oxygens (including phenoxy) is 3. The Bertz CT molecular complexity index is 4320. The molecule has 13 rings (SSSR count). The van der Waals surface area contributed by atoms with Gasteiger partial charge >= 0.3 is 0 Å². The summed E-state index contributed by atoms with van der Waals surface area (Å²) < 4.78 is 62.0. The lowest BCUT2D eigenvalue weighted by Gasteiger charge is -2.44. The number of oxazole rings is 1. The minimum absolute atomic E-state index is 0. The number of fused-ring (bicyclic) bond motifs is 2. The lowest BCUT2D eigenvalue weighted by atomic mass is 9.86. The molecule has 2 fully saturated rings. The van der Waals surface area contributed by atoms with Crippen molar-refractivity contribution in [2.24, 2.45) is 5.92 Å². The van der Waals surface area contributed by atoms with E-state index in [9.17, 15) is 27.9 Å². The molecule has 24 heteroatoms. The highest BCUT2D eigenvalue weighted by Crippen LogP contribution is 2.44. The largest absolute Gasteiger partial charge is 0.493 e. The van der Waals surface area contributed by atoms with Gasteiger partial charge in [-0.05, 0) is 156 Å². The number of nitrogens with one attached hydrogen (secondary N) is 1. The summed E-state index contributed by atoms with van der Waals surface area (Å²) in [5.74, 6) is 2.01. The number of carbonyl (C=O) groups is 2. The average molecular weight is 1390 g/mol. The number of pyridine rings is 1. The van der Waals surface area contributed by atoms with Gasteiger partial charge in [0.05, 0.1) is 62.3 Å². The summed E-state index contributed by atoms with van der Waals surface area (Å²) in [5, 5.41) is 23.2. The van der Waals surface area contributed by atoms with Gasteiger partial charge in [-0.15, -0.1) is 0 Å². The predicted molar refractivity (Wildman–Crippen MR) is 377 cm³/mol. The van der Waals surface area contributed by atoms with Crippen LogP contribution in [0.15, 0.2) is 175 Å². The molecule has 100 heavy (non-hydrogen) atoms. The number of aliphatic hydroxyl groups is 1. The Hall–Kier alpha value is -9.81. The third-order valence-electron chi connectivity index (χ3n) is 18.5. The zero-order valence-corrected chi connectivity index (χ0v) is 57.7. The van der Waals surface area contributed by atoms with E-state index in [0.29, 0.717) is 89.3 Å². The quantitative estimate of drug-likeness (QED) is 0.0606. The van der Waals surface area contributed by atoms with Crippen molar-refractivity contribution in [1.82, 2.24) is 54.9 Å². The zero-order valence-electron chi connectivity index (χ0n) is 56.9. The van der Waals surface area contributed by atoms with Gasteiger partial charge in [-0.1, -0.05) is 95.5 Å². The number of alkyl halides is 2. The number of benzene rings is 6. The Morgan fingerprint density at radius 2 is 1.43 bits per heavy atom. The second-order valence-corrected chi connectivity index (χ2v) is 25.6. The number of hydrogen-bond donors (Lipinski definition) is 2. The van der Waals surface area contributed by atoms with Crippen LogP contribution < -0.4 is 24.4 Å². The van der Waals surface area contributed by atoms with Crippen molar-refractivity contribution < 1.29 is 51.2 Å². The van der Waals surface area contributed by atoms with E-state index in [1.54, 1.807) is 76.4 Å². The van der Waals surface area contributed by atoms with Crippen LogP contribution in [0.1, 0.15) is 118 Å². The van der Waals surface area contributed by atoms with Crippen molar-refractivity contribution in [3.63, 3.8) is 0 Å². The van der Waals surface area contributed by atoms with Crippen LogP contribution >= 0.6 is 11.6 Å². The molecule has 6 atom stereocenters. The van der Waals surface area contributed by atoms with Gasteiger partial charge in [0.25, 0.3) is 24.3 Å². The number of methoxy groups -OCH3 is 2. The molecule has 2 amide bonds. The molecule has 4 aromatic heterocycles. The Balaban J connectivity index is 0.000000162. The highest BCUT2D eigenvalue weighted by atomic mass is 35.5. The molecule has 6 aromatic carbocycles. The minimum atomic E-state index is -2.48. The third kappa shape index (κ3) is 17.4. The van der Waals surface area contributed by atoms with Crippen LogP contribution in [0.5, 0.6) is 17.4 Å². The fourth-order valence-electron chi connectivity index (χ4n) is 13.1. The third-order valence-corrected chi connectivity index (χ3v) is 18.8. The molecule has 10 aromatic rings. The number of anilines is 1. The molecule has 2 N–H and O–H groups in total. The van der Waals surface area contributed by atoms with E-state index in [1.165, 1.54) is 34.6 Å². The normalized spacial score (nSPS) is 17.5. The lowest BCUT2D eigenvalue weighted by Crippen LogP contribution is -2.47. The van der Waals surface area contributed by atoms with Crippen LogP contribution in [0.4, 0.5) is 23.9 Å². The van der Waals surface area contributed by atoms with Crippen LogP contribution in [-0.4, -0.2) is 145 Å². The SMILES string of the molecule is CNC(O)[C@@H](c1ccccc1)N1CCc2cc(OC)c(OC)cc2[C@@H]1CCc1ccc(C(F)F)cc1.Cc1ccc(-c2ncccn2)c(C(=O)N2C[C@H](COc3ccc(F)cn3)CC[C@H]2C)c1.Cc1ccc(-n2nccn2)c(C(=O)N2CCN(c3nc4cc(Cl)ccc4o3)CC[C@H]2C)c1.F. The molecule has 7 heterocycles. The van der Waals surface area contributed by atoms with Crippen molar-refractivity contribution in [1.29, 1.82) is 0 Å². The number of piperidine rings is 1. The summed E-state index contributed by atoms with van der Waals surface area (Å²) in [6.45, 7) is 11.8. The van der Waals surface area contributed by atoms with E-state index in [1.807, 2.05) is 109 Å². The summed E-state index contributed by atoms with van der Waals surface area (Å²) in [6, 6.07) is 42.6. The Labute approximate surface area is 584 Å². The molecule has 0 bridgehead atoms. The van der Waals surface area contributed by atoms with Gasteiger partial charge in [-0.25, -0.2) is 28.1 Å². The molecule has 3 aliphatic heterocycles. The topological polar surface area (TPSA) is 202 Å². The maximum absolute atomic E-state index is 13.6.